The number of amides is 2. The van der Waals surface area contributed by atoms with Crippen molar-refractivity contribution in [3.8, 4) is 0 Å². The van der Waals surface area contributed by atoms with E-state index in [1.54, 1.807) is 17.3 Å². The lowest BCUT2D eigenvalue weighted by Gasteiger charge is -2.40. The van der Waals surface area contributed by atoms with Gasteiger partial charge in [-0.1, -0.05) is 12.1 Å². The standard InChI is InChI=1S/C19H20N4O2/c24-18-9-14(10-22(18)13-16-5-1-3-7-20-16)19(25)23-11-15(12-23)17-6-2-4-8-21-17/h1-8,14-15H,9-13H2/t14-/m1/s1. The van der Waals surface area contributed by atoms with Crippen LogP contribution in [0.2, 0.25) is 0 Å². The number of carbonyl (C=O) groups excluding carboxylic acids is 2. The molecule has 2 fully saturated rings. The SMILES string of the molecule is O=C1C[C@@H](C(=O)N2CC(c3ccccn3)C2)CN1Cc1ccccn1. The maximum atomic E-state index is 12.7. The molecule has 2 aliphatic rings. The molecule has 2 aromatic rings. The second-order valence-corrected chi connectivity index (χ2v) is 6.69. The van der Waals surface area contributed by atoms with Gasteiger partial charge >= 0.3 is 0 Å². The van der Waals surface area contributed by atoms with E-state index in [9.17, 15) is 9.59 Å². The van der Waals surface area contributed by atoms with Crippen LogP contribution in [0, 0.1) is 5.92 Å². The zero-order chi connectivity index (χ0) is 17.2. The summed E-state index contributed by atoms with van der Waals surface area (Å²) >= 11 is 0. The van der Waals surface area contributed by atoms with E-state index >= 15 is 0 Å². The molecule has 4 rings (SSSR count). The molecule has 0 unspecified atom stereocenters. The van der Waals surface area contributed by atoms with Crippen molar-refractivity contribution in [3.05, 3.63) is 60.2 Å². The average molecular weight is 336 g/mol. The lowest BCUT2D eigenvalue weighted by Crippen LogP contribution is -2.51. The van der Waals surface area contributed by atoms with E-state index in [1.165, 1.54) is 0 Å². The van der Waals surface area contributed by atoms with E-state index in [0.717, 1.165) is 11.4 Å². The highest BCUT2D eigenvalue weighted by molar-refractivity contribution is 5.89. The van der Waals surface area contributed by atoms with Crippen molar-refractivity contribution in [1.29, 1.82) is 0 Å². The molecule has 1 atom stereocenters. The van der Waals surface area contributed by atoms with Gasteiger partial charge in [0.1, 0.15) is 0 Å². The van der Waals surface area contributed by atoms with Crippen LogP contribution in [0.15, 0.2) is 48.8 Å². The summed E-state index contributed by atoms with van der Waals surface area (Å²) < 4.78 is 0. The highest BCUT2D eigenvalue weighted by Gasteiger charge is 2.41. The Hall–Kier alpha value is -2.76. The van der Waals surface area contributed by atoms with Crippen LogP contribution >= 0.6 is 0 Å². The van der Waals surface area contributed by atoms with Crippen LogP contribution in [0.1, 0.15) is 23.7 Å². The van der Waals surface area contributed by atoms with Crippen LogP contribution in [-0.4, -0.2) is 51.2 Å². The molecule has 0 aromatic carbocycles. The predicted octanol–water partition coefficient (Wildman–Crippen LogP) is 1.45. The molecule has 0 radical (unpaired) electrons. The molecule has 4 heterocycles. The Labute approximate surface area is 146 Å². The molecule has 2 saturated heterocycles. The van der Waals surface area contributed by atoms with E-state index in [4.69, 9.17) is 0 Å². The number of nitrogens with zero attached hydrogens (tertiary/aromatic N) is 4. The van der Waals surface area contributed by atoms with Crippen LogP contribution in [0.3, 0.4) is 0 Å². The van der Waals surface area contributed by atoms with Gasteiger partial charge in [-0.05, 0) is 24.3 Å². The molecular weight excluding hydrogens is 316 g/mol. The Bertz CT molecular complexity index is 760. The van der Waals surface area contributed by atoms with Crippen molar-refractivity contribution in [1.82, 2.24) is 19.8 Å². The number of likely N-dealkylation sites (tertiary alicyclic amines) is 2. The van der Waals surface area contributed by atoms with Crippen molar-refractivity contribution < 1.29 is 9.59 Å². The summed E-state index contributed by atoms with van der Waals surface area (Å²) in [6.07, 6.45) is 3.80. The van der Waals surface area contributed by atoms with Gasteiger partial charge in [0.15, 0.2) is 0 Å². The average Bonchev–Trinajstić information content (AvgIpc) is 2.96. The molecule has 2 aromatic heterocycles. The van der Waals surface area contributed by atoms with Gasteiger partial charge in [-0.3, -0.25) is 19.6 Å². The zero-order valence-electron chi connectivity index (χ0n) is 13.9. The molecule has 128 valence electrons. The highest BCUT2D eigenvalue weighted by Crippen LogP contribution is 2.29. The molecule has 0 bridgehead atoms. The summed E-state index contributed by atoms with van der Waals surface area (Å²) in [7, 11) is 0. The molecule has 2 amide bonds. The zero-order valence-corrected chi connectivity index (χ0v) is 13.9. The minimum absolute atomic E-state index is 0.0332. The van der Waals surface area contributed by atoms with Gasteiger partial charge in [-0.25, -0.2) is 0 Å². The first-order valence-corrected chi connectivity index (χ1v) is 8.58. The summed E-state index contributed by atoms with van der Waals surface area (Å²) in [5.41, 5.74) is 1.88. The van der Waals surface area contributed by atoms with Gasteiger partial charge in [0.25, 0.3) is 0 Å². The third kappa shape index (κ3) is 3.24. The van der Waals surface area contributed by atoms with E-state index in [2.05, 4.69) is 9.97 Å². The Kier molecular flexibility index (Phi) is 4.17. The number of hydrogen-bond acceptors (Lipinski definition) is 4. The molecular formula is C19H20N4O2. The quantitative estimate of drug-likeness (QED) is 0.848. The smallest absolute Gasteiger partial charge is 0.228 e. The van der Waals surface area contributed by atoms with Gasteiger partial charge < -0.3 is 9.80 Å². The molecule has 2 aliphatic heterocycles. The molecule has 0 N–H and O–H groups in total. The van der Waals surface area contributed by atoms with E-state index < -0.39 is 0 Å². The fourth-order valence-corrected chi connectivity index (χ4v) is 3.50. The second kappa shape index (κ2) is 6.63. The molecule has 25 heavy (non-hydrogen) atoms. The largest absolute Gasteiger partial charge is 0.341 e. The molecule has 6 nitrogen and oxygen atoms in total. The Morgan fingerprint density at radius 1 is 1.04 bits per heavy atom. The van der Waals surface area contributed by atoms with Gasteiger partial charge in [0, 0.05) is 50.1 Å². The first-order chi connectivity index (χ1) is 12.2. The molecule has 0 spiro atoms. The van der Waals surface area contributed by atoms with Crippen molar-refractivity contribution >= 4 is 11.8 Å². The van der Waals surface area contributed by atoms with Gasteiger partial charge in [-0.15, -0.1) is 0 Å². The topological polar surface area (TPSA) is 66.4 Å². The highest BCUT2D eigenvalue weighted by atomic mass is 16.2. The van der Waals surface area contributed by atoms with Gasteiger partial charge in [0.2, 0.25) is 11.8 Å². The monoisotopic (exact) mass is 336 g/mol. The summed E-state index contributed by atoms with van der Waals surface area (Å²) in [6.45, 7) is 2.35. The van der Waals surface area contributed by atoms with Crippen molar-refractivity contribution in [3.63, 3.8) is 0 Å². The lowest BCUT2D eigenvalue weighted by molar-refractivity contribution is -0.140. The van der Waals surface area contributed by atoms with Crippen LogP contribution in [0.4, 0.5) is 0 Å². The van der Waals surface area contributed by atoms with Crippen LogP contribution < -0.4 is 0 Å². The predicted molar refractivity (Wildman–Crippen MR) is 91.3 cm³/mol. The van der Waals surface area contributed by atoms with Gasteiger partial charge in [0.05, 0.1) is 18.2 Å². The van der Waals surface area contributed by atoms with E-state index in [0.29, 0.717) is 38.5 Å². The fraction of sp³-hybridized carbons (Fsp3) is 0.368. The first-order valence-electron chi connectivity index (χ1n) is 8.58. The molecule has 0 aliphatic carbocycles. The third-order valence-electron chi connectivity index (χ3n) is 4.94. The van der Waals surface area contributed by atoms with Crippen LogP contribution in [0.5, 0.6) is 0 Å². The van der Waals surface area contributed by atoms with E-state index in [-0.39, 0.29) is 17.7 Å². The first kappa shape index (κ1) is 15.7. The molecule has 6 heteroatoms. The van der Waals surface area contributed by atoms with Crippen LogP contribution in [-0.2, 0) is 16.1 Å². The minimum Gasteiger partial charge on any atom is -0.341 e. The summed E-state index contributed by atoms with van der Waals surface area (Å²) in [4.78, 5) is 37.1. The fourth-order valence-electron chi connectivity index (χ4n) is 3.50. The second-order valence-electron chi connectivity index (χ2n) is 6.69. The Morgan fingerprint density at radius 2 is 1.80 bits per heavy atom. The minimum atomic E-state index is -0.235. The number of hydrogen-bond donors (Lipinski definition) is 0. The maximum Gasteiger partial charge on any atom is 0.228 e. The van der Waals surface area contributed by atoms with Crippen molar-refractivity contribution in [2.45, 2.75) is 18.9 Å². The number of rotatable bonds is 4. The number of carbonyl (C=O) groups is 2. The van der Waals surface area contributed by atoms with Crippen molar-refractivity contribution in [2.24, 2.45) is 5.92 Å². The van der Waals surface area contributed by atoms with Gasteiger partial charge in [-0.2, -0.15) is 0 Å². The lowest BCUT2D eigenvalue weighted by atomic mass is 9.93. The Morgan fingerprint density at radius 3 is 2.48 bits per heavy atom. The summed E-state index contributed by atoms with van der Waals surface area (Å²) in [5.74, 6) is 0.197. The third-order valence-corrected chi connectivity index (χ3v) is 4.94. The van der Waals surface area contributed by atoms with Crippen LogP contribution in [0.25, 0.3) is 0 Å². The summed E-state index contributed by atoms with van der Waals surface area (Å²) in [5, 5.41) is 0. The molecule has 0 saturated carbocycles. The van der Waals surface area contributed by atoms with E-state index in [1.807, 2.05) is 41.3 Å². The number of pyridine rings is 2. The van der Waals surface area contributed by atoms with Crippen molar-refractivity contribution in [2.75, 3.05) is 19.6 Å². The normalized spacial score (nSPS) is 20.6. The number of aromatic nitrogens is 2. The maximum absolute atomic E-state index is 12.7. The Balaban J connectivity index is 1.33. The summed E-state index contributed by atoms with van der Waals surface area (Å²) in [6, 6.07) is 11.5.